The summed E-state index contributed by atoms with van der Waals surface area (Å²) in [6.45, 7) is 1.97. The van der Waals surface area contributed by atoms with Gasteiger partial charge >= 0.3 is 0 Å². The second kappa shape index (κ2) is 7.00. The summed E-state index contributed by atoms with van der Waals surface area (Å²) in [5.41, 5.74) is 1.91. The fourth-order valence-corrected chi connectivity index (χ4v) is 3.75. The van der Waals surface area contributed by atoms with Crippen LogP contribution in [0.3, 0.4) is 0 Å². The van der Waals surface area contributed by atoms with Crippen molar-refractivity contribution in [2.75, 3.05) is 25.1 Å². The van der Waals surface area contributed by atoms with Crippen molar-refractivity contribution in [2.45, 2.75) is 6.92 Å². The molecule has 0 atom stereocenters. The third-order valence-electron chi connectivity index (χ3n) is 4.06. The van der Waals surface area contributed by atoms with Gasteiger partial charge in [0.25, 0.3) is 11.8 Å². The number of halogens is 1. The Kier molecular flexibility index (Phi) is 4.94. The van der Waals surface area contributed by atoms with Gasteiger partial charge < -0.3 is 10.0 Å². The lowest BCUT2D eigenvalue weighted by Gasteiger charge is -2.21. The highest BCUT2D eigenvalue weighted by Gasteiger charge is 2.42. The average Bonchev–Trinajstić information content (AvgIpc) is 3.17. The highest BCUT2D eigenvalue weighted by Crippen LogP contribution is 2.37. The molecule has 2 heterocycles. The lowest BCUT2D eigenvalue weighted by Crippen LogP contribution is -2.35. The first-order chi connectivity index (χ1) is 12.0. The zero-order valence-electron chi connectivity index (χ0n) is 13.8. The smallest absolute Gasteiger partial charge is 0.282 e. The van der Waals surface area contributed by atoms with Crippen molar-refractivity contribution in [3.63, 3.8) is 0 Å². The molecular weight excluding hydrogens is 360 g/mol. The first kappa shape index (κ1) is 17.7. The molecule has 130 valence electrons. The number of carbonyl (C=O) groups excluding carboxylic acids is 2. The van der Waals surface area contributed by atoms with E-state index in [2.05, 4.69) is 0 Å². The molecule has 1 aliphatic heterocycles. The van der Waals surface area contributed by atoms with Crippen molar-refractivity contribution < 1.29 is 14.7 Å². The fourth-order valence-electron chi connectivity index (χ4n) is 2.82. The maximum atomic E-state index is 13.1. The van der Waals surface area contributed by atoms with Crippen LogP contribution in [0.15, 0.2) is 41.4 Å². The first-order valence-corrected chi connectivity index (χ1v) is 8.96. The van der Waals surface area contributed by atoms with E-state index >= 15 is 0 Å². The van der Waals surface area contributed by atoms with Gasteiger partial charge in [-0.25, -0.2) is 4.90 Å². The van der Waals surface area contributed by atoms with E-state index in [9.17, 15) is 14.7 Å². The second-order valence-corrected chi connectivity index (χ2v) is 7.11. The van der Waals surface area contributed by atoms with E-state index in [1.165, 1.54) is 16.2 Å². The molecule has 5 nitrogen and oxygen atoms in total. The monoisotopic (exact) mass is 376 g/mol. The van der Waals surface area contributed by atoms with Crippen LogP contribution in [-0.2, 0) is 9.59 Å². The molecule has 0 aliphatic carbocycles. The normalized spacial score (nSPS) is 14.6. The molecule has 3 rings (SSSR count). The molecule has 0 saturated carbocycles. The molecule has 0 fully saturated rings. The lowest BCUT2D eigenvalue weighted by atomic mass is 10.1. The van der Waals surface area contributed by atoms with Crippen molar-refractivity contribution in [1.29, 1.82) is 0 Å². The molecule has 0 unspecified atom stereocenters. The minimum atomic E-state index is -0.408. The van der Waals surface area contributed by atoms with Crippen molar-refractivity contribution in [3.8, 4) is 0 Å². The molecule has 0 spiro atoms. The third-order valence-corrected chi connectivity index (χ3v) is 5.18. The predicted octanol–water partition coefficient (Wildman–Crippen LogP) is 2.92. The molecule has 0 bridgehead atoms. The number of benzene rings is 1. The van der Waals surface area contributed by atoms with E-state index in [1.807, 2.05) is 24.4 Å². The molecular formula is C18H17ClN2O3S. The summed E-state index contributed by atoms with van der Waals surface area (Å²) in [6.07, 6.45) is 0. The number of amides is 2. The zero-order chi connectivity index (χ0) is 18.1. The molecule has 1 aromatic heterocycles. The number of hydrogen-bond donors (Lipinski definition) is 1. The Morgan fingerprint density at radius 2 is 2.00 bits per heavy atom. The van der Waals surface area contributed by atoms with Gasteiger partial charge in [0, 0.05) is 23.5 Å². The number of aryl methyl sites for hydroxylation is 1. The Labute approximate surface area is 154 Å². The first-order valence-electron chi connectivity index (χ1n) is 7.70. The Hall–Kier alpha value is -2.15. The number of thiophene rings is 1. The van der Waals surface area contributed by atoms with E-state index in [1.54, 1.807) is 30.1 Å². The molecule has 0 radical (unpaired) electrons. The topological polar surface area (TPSA) is 60.9 Å². The largest absolute Gasteiger partial charge is 0.395 e. The quantitative estimate of drug-likeness (QED) is 0.815. The van der Waals surface area contributed by atoms with Gasteiger partial charge in [-0.2, -0.15) is 0 Å². The predicted molar refractivity (Wildman–Crippen MR) is 99.6 cm³/mol. The van der Waals surface area contributed by atoms with Gasteiger partial charge in [-0.05, 0) is 36.1 Å². The van der Waals surface area contributed by atoms with Gasteiger partial charge in [0.05, 0.1) is 17.9 Å². The van der Waals surface area contributed by atoms with Crippen LogP contribution in [-0.4, -0.2) is 42.0 Å². The molecule has 1 N–H and O–H groups in total. The summed E-state index contributed by atoms with van der Waals surface area (Å²) in [5, 5.41) is 11.6. The third kappa shape index (κ3) is 3.08. The number of rotatable bonds is 5. The Balaban J connectivity index is 2.14. The van der Waals surface area contributed by atoms with Gasteiger partial charge in [-0.15, -0.1) is 11.3 Å². The summed E-state index contributed by atoms with van der Waals surface area (Å²) < 4.78 is 0. The Morgan fingerprint density at radius 1 is 1.24 bits per heavy atom. The minimum absolute atomic E-state index is 0.116. The maximum absolute atomic E-state index is 13.1. The van der Waals surface area contributed by atoms with Gasteiger partial charge in [-0.1, -0.05) is 23.7 Å². The van der Waals surface area contributed by atoms with Gasteiger partial charge in [0.2, 0.25) is 0 Å². The van der Waals surface area contributed by atoms with E-state index in [0.29, 0.717) is 22.0 Å². The molecule has 1 aliphatic rings. The zero-order valence-corrected chi connectivity index (χ0v) is 15.4. The summed E-state index contributed by atoms with van der Waals surface area (Å²) >= 11 is 7.47. The number of anilines is 1. The van der Waals surface area contributed by atoms with Gasteiger partial charge in [0.1, 0.15) is 5.70 Å². The lowest BCUT2D eigenvalue weighted by molar-refractivity contribution is -0.120. The van der Waals surface area contributed by atoms with E-state index in [-0.39, 0.29) is 19.1 Å². The number of carbonyl (C=O) groups is 2. The SMILES string of the molecule is Cc1ccc(Cl)cc1N1C(=O)C(c2cccs2)=C(N(C)CCO)C1=O. The Bertz CT molecular complexity index is 861. The van der Waals surface area contributed by atoms with Crippen molar-refractivity contribution in [2.24, 2.45) is 0 Å². The molecule has 1 aromatic carbocycles. The summed E-state index contributed by atoms with van der Waals surface area (Å²) in [5.74, 6) is -0.785. The minimum Gasteiger partial charge on any atom is -0.395 e. The van der Waals surface area contributed by atoms with Crippen LogP contribution in [0.4, 0.5) is 5.69 Å². The fraction of sp³-hybridized carbons (Fsp3) is 0.222. The van der Waals surface area contributed by atoms with Crippen LogP contribution < -0.4 is 4.90 Å². The summed E-state index contributed by atoms with van der Waals surface area (Å²) in [7, 11) is 1.69. The maximum Gasteiger partial charge on any atom is 0.282 e. The average molecular weight is 377 g/mol. The van der Waals surface area contributed by atoms with Crippen LogP contribution in [0.1, 0.15) is 10.4 Å². The van der Waals surface area contributed by atoms with Gasteiger partial charge in [0.15, 0.2) is 0 Å². The second-order valence-electron chi connectivity index (χ2n) is 5.72. The van der Waals surface area contributed by atoms with Crippen LogP contribution in [0.25, 0.3) is 5.57 Å². The van der Waals surface area contributed by atoms with Crippen molar-refractivity contribution in [3.05, 3.63) is 56.9 Å². The highest BCUT2D eigenvalue weighted by atomic mass is 35.5. The molecule has 25 heavy (non-hydrogen) atoms. The molecule has 7 heteroatoms. The number of likely N-dealkylation sites (N-methyl/N-ethyl adjacent to an activating group) is 1. The van der Waals surface area contributed by atoms with E-state index < -0.39 is 5.91 Å². The highest BCUT2D eigenvalue weighted by molar-refractivity contribution is 7.11. The number of aliphatic hydroxyl groups is 1. The summed E-state index contributed by atoms with van der Waals surface area (Å²) in [6, 6.07) is 8.76. The molecule has 2 amide bonds. The number of imide groups is 1. The van der Waals surface area contributed by atoms with Crippen LogP contribution in [0, 0.1) is 6.92 Å². The molecule has 2 aromatic rings. The number of aliphatic hydroxyl groups excluding tert-OH is 1. The van der Waals surface area contributed by atoms with Crippen LogP contribution in [0.2, 0.25) is 5.02 Å². The van der Waals surface area contributed by atoms with Crippen LogP contribution in [0.5, 0.6) is 0 Å². The van der Waals surface area contributed by atoms with E-state index in [0.717, 1.165) is 10.4 Å². The van der Waals surface area contributed by atoms with Crippen molar-refractivity contribution >= 4 is 46.0 Å². The van der Waals surface area contributed by atoms with Crippen molar-refractivity contribution in [1.82, 2.24) is 4.90 Å². The van der Waals surface area contributed by atoms with Gasteiger partial charge in [-0.3, -0.25) is 9.59 Å². The standard InChI is InChI=1S/C18H17ClN2O3S/c1-11-5-6-12(19)10-13(11)21-17(23)15(14-4-3-9-25-14)16(18(21)24)20(2)7-8-22/h3-6,9-10,22H,7-8H2,1-2H3. The Morgan fingerprint density at radius 3 is 2.64 bits per heavy atom. The van der Waals surface area contributed by atoms with Crippen LogP contribution >= 0.6 is 22.9 Å². The number of nitrogens with zero attached hydrogens (tertiary/aromatic N) is 2. The summed E-state index contributed by atoms with van der Waals surface area (Å²) in [4.78, 5) is 29.7. The van der Waals surface area contributed by atoms with E-state index in [4.69, 9.17) is 11.6 Å². The molecule has 0 saturated heterocycles. The number of hydrogen-bond acceptors (Lipinski definition) is 5.